The zero-order valence-corrected chi connectivity index (χ0v) is 35.1. The molecule has 0 fully saturated rings. The minimum Gasteiger partial charge on any atom is -0.310 e. The van der Waals surface area contributed by atoms with Gasteiger partial charge >= 0.3 is 0 Å². The summed E-state index contributed by atoms with van der Waals surface area (Å²) in [6, 6.07) is 92.6. The van der Waals surface area contributed by atoms with Crippen molar-refractivity contribution in [2.45, 2.75) is 0 Å². The molecule has 2 nitrogen and oxygen atoms in total. The molecule has 0 aliphatic rings. The van der Waals surface area contributed by atoms with Crippen molar-refractivity contribution in [3.8, 4) is 33.4 Å². The SMILES string of the molecule is c1ccc(-c2cccc(-c3ccc(N(c4ccc(-c5ccc(N(c6ccccc6)c6cc7cccc8ccc9cccc6c9c87)cc5)cc4)c4cccc5ccccc45)cc3)c2)cc1. The third kappa shape index (κ3) is 6.61. The number of rotatable bonds is 9. The Kier molecular flexibility index (Phi) is 9.20. The van der Waals surface area contributed by atoms with Crippen molar-refractivity contribution < 1.29 is 0 Å². The summed E-state index contributed by atoms with van der Waals surface area (Å²) in [7, 11) is 0. The van der Waals surface area contributed by atoms with Gasteiger partial charge in [0.15, 0.2) is 0 Å². The van der Waals surface area contributed by atoms with Crippen molar-refractivity contribution in [2.24, 2.45) is 0 Å². The van der Waals surface area contributed by atoms with Crippen LogP contribution in [-0.4, -0.2) is 0 Å². The fourth-order valence-corrected chi connectivity index (χ4v) is 9.68. The fourth-order valence-electron chi connectivity index (χ4n) is 9.68. The minimum atomic E-state index is 1.10. The first-order valence-electron chi connectivity index (χ1n) is 22.0. The van der Waals surface area contributed by atoms with Crippen molar-refractivity contribution in [1.29, 1.82) is 0 Å². The lowest BCUT2D eigenvalue weighted by Crippen LogP contribution is -2.11. The highest BCUT2D eigenvalue weighted by atomic mass is 15.1. The van der Waals surface area contributed by atoms with Crippen LogP contribution in [-0.2, 0) is 0 Å². The monoisotopic (exact) mass is 814 g/mol. The van der Waals surface area contributed by atoms with Gasteiger partial charge in [-0.1, -0.05) is 188 Å². The van der Waals surface area contributed by atoms with Crippen molar-refractivity contribution in [1.82, 2.24) is 0 Å². The van der Waals surface area contributed by atoms with Crippen molar-refractivity contribution >= 4 is 77.2 Å². The zero-order valence-electron chi connectivity index (χ0n) is 35.1. The van der Waals surface area contributed by atoms with Crippen LogP contribution in [0.3, 0.4) is 0 Å². The highest BCUT2D eigenvalue weighted by Gasteiger charge is 2.20. The van der Waals surface area contributed by atoms with Gasteiger partial charge in [-0.3, -0.25) is 0 Å². The molecule has 0 atom stereocenters. The molecule has 0 bridgehead atoms. The largest absolute Gasteiger partial charge is 0.310 e. The molecule has 12 aromatic carbocycles. The van der Waals surface area contributed by atoms with E-state index in [1.165, 1.54) is 71.0 Å². The number of benzene rings is 12. The maximum atomic E-state index is 2.41. The third-order valence-corrected chi connectivity index (χ3v) is 12.8. The molecular weight excluding hydrogens is 773 g/mol. The molecule has 0 aromatic heterocycles. The highest BCUT2D eigenvalue weighted by molar-refractivity contribution is 6.26. The maximum Gasteiger partial charge on any atom is 0.0546 e. The Bertz CT molecular complexity index is 3570. The second kappa shape index (κ2) is 15.8. The number of hydrogen-bond donors (Lipinski definition) is 0. The molecule has 12 rings (SSSR count). The lowest BCUT2D eigenvalue weighted by atomic mass is 9.92. The van der Waals surface area contributed by atoms with E-state index in [-0.39, 0.29) is 0 Å². The van der Waals surface area contributed by atoms with Crippen LogP contribution < -0.4 is 9.80 Å². The van der Waals surface area contributed by atoms with E-state index in [9.17, 15) is 0 Å². The molecule has 300 valence electrons. The van der Waals surface area contributed by atoms with Crippen LogP contribution in [0.25, 0.3) is 76.5 Å². The molecule has 0 saturated carbocycles. The van der Waals surface area contributed by atoms with Crippen LogP contribution in [0.2, 0.25) is 0 Å². The number of nitrogens with zero attached hydrogens (tertiary/aromatic N) is 2. The first kappa shape index (κ1) is 37.3. The molecule has 2 heteroatoms. The van der Waals surface area contributed by atoms with Crippen LogP contribution in [0, 0.1) is 0 Å². The lowest BCUT2D eigenvalue weighted by molar-refractivity contribution is 1.29. The van der Waals surface area contributed by atoms with E-state index in [1.807, 2.05) is 0 Å². The van der Waals surface area contributed by atoms with Gasteiger partial charge in [0.25, 0.3) is 0 Å². The Morgan fingerprint density at radius 1 is 0.203 bits per heavy atom. The average molecular weight is 815 g/mol. The molecule has 12 aromatic rings. The van der Waals surface area contributed by atoms with Crippen LogP contribution in [0.5, 0.6) is 0 Å². The predicted molar refractivity (Wildman–Crippen MR) is 273 cm³/mol. The second-order valence-corrected chi connectivity index (χ2v) is 16.5. The molecule has 0 heterocycles. The lowest BCUT2D eigenvalue weighted by Gasteiger charge is -2.28. The van der Waals surface area contributed by atoms with Crippen molar-refractivity contribution in [2.75, 3.05) is 9.80 Å². The fraction of sp³-hybridized carbons (Fsp3) is 0. The van der Waals surface area contributed by atoms with Crippen LogP contribution >= 0.6 is 0 Å². The standard InChI is InChI=1S/C62H42N2/c1-3-13-43(14-4-1)50-19-10-20-51(41-50)46-33-39-55(40-34-46)63(59-26-12-16-47-15-7-8-24-57(47)59)54-35-29-44(30-36-54)45-31-37-56(38-32-45)64(53-22-5-2-6-23-53)60-42-52-21-9-17-48-27-28-49-18-11-25-58(60)62(49)61(48)52/h1-42H. The molecule has 0 N–H and O–H groups in total. The van der Waals surface area contributed by atoms with Crippen LogP contribution in [0.1, 0.15) is 0 Å². The van der Waals surface area contributed by atoms with Gasteiger partial charge in [0.2, 0.25) is 0 Å². The summed E-state index contributed by atoms with van der Waals surface area (Å²) in [5, 5.41) is 10.1. The Labute approximate surface area is 373 Å². The maximum absolute atomic E-state index is 2.41. The smallest absolute Gasteiger partial charge is 0.0546 e. The molecule has 0 amide bonds. The molecule has 0 aliphatic carbocycles. The third-order valence-electron chi connectivity index (χ3n) is 12.8. The van der Waals surface area contributed by atoms with E-state index in [2.05, 4.69) is 265 Å². The second-order valence-electron chi connectivity index (χ2n) is 16.5. The van der Waals surface area contributed by atoms with Gasteiger partial charge in [0.1, 0.15) is 0 Å². The summed E-state index contributed by atoms with van der Waals surface area (Å²) in [6.45, 7) is 0. The topological polar surface area (TPSA) is 6.48 Å². The summed E-state index contributed by atoms with van der Waals surface area (Å²) in [5.41, 5.74) is 13.9. The van der Waals surface area contributed by atoms with Gasteiger partial charge in [0, 0.05) is 33.5 Å². The van der Waals surface area contributed by atoms with Crippen LogP contribution in [0.15, 0.2) is 255 Å². The molecule has 0 aliphatic heterocycles. The first-order chi connectivity index (χ1) is 31.7. The normalized spacial score (nSPS) is 11.4. The van der Waals surface area contributed by atoms with E-state index < -0.39 is 0 Å². The summed E-state index contributed by atoms with van der Waals surface area (Å²) < 4.78 is 0. The molecular formula is C62H42N2. The molecule has 0 radical (unpaired) electrons. The molecule has 64 heavy (non-hydrogen) atoms. The van der Waals surface area contributed by atoms with Crippen molar-refractivity contribution in [3.05, 3.63) is 255 Å². The Balaban J connectivity index is 0.905. The first-order valence-corrected chi connectivity index (χ1v) is 22.0. The number of fused-ring (bicyclic) bond motifs is 1. The summed E-state index contributed by atoms with van der Waals surface area (Å²) >= 11 is 0. The van der Waals surface area contributed by atoms with E-state index in [4.69, 9.17) is 0 Å². The summed E-state index contributed by atoms with van der Waals surface area (Å²) in [6.07, 6.45) is 0. The van der Waals surface area contributed by atoms with Gasteiger partial charge in [-0.05, 0) is 132 Å². The quantitative estimate of drug-likeness (QED) is 0.134. The molecule has 0 unspecified atom stereocenters. The average Bonchev–Trinajstić information content (AvgIpc) is 3.37. The Morgan fingerprint density at radius 3 is 1.27 bits per heavy atom. The summed E-state index contributed by atoms with van der Waals surface area (Å²) in [5.74, 6) is 0. The zero-order chi connectivity index (χ0) is 42.4. The number of hydrogen-bond acceptors (Lipinski definition) is 2. The van der Waals surface area contributed by atoms with E-state index in [0.29, 0.717) is 0 Å². The molecule has 0 spiro atoms. The van der Waals surface area contributed by atoms with Gasteiger partial charge in [0.05, 0.1) is 11.4 Å². The van der Waals surface area contributed by atoms with E-state index >= 15 is 0 Å². The number of para-hydroxylation sites is 1. The predicted octanol–water partition coefficient (Wildman–Crippen LogP) is 17.7. The number of anilines is 6. The van der Waals surface area contributed by atoms with Gasteiger partial charge < -0.3 is 9.80 Å². The van der Waals surface area contributed by atoms with E-state index in [0.717, 1.165) is 39.6 Å². The Morgan fingerprint density at radius 2 is 0.609 bits per heavy atom. The Hall–Kier alpha value is -8.46. The van der Waals surface area contributed by atoms with E-state index in [1.54, 1.807) is 0 Å². The van der Waals surface area contributed by atoms with Crippen LogP contribution in [0.4, 0.5) is 34.1 Å². The van der Waals surface area contributed by atoms with Crippen molar-refractivity contribution in [3.63, 3.8) is 0 Å². The highest BCUT2D eigenvalue weighted by Crippen LogP contribution is 2.46. The van der Waals surface area contributed by atoms with Gasteiger partial charge in [-0.15, -0.1) is 0 Å². The van der Waals surface area contributed by atoms with Gasteiger partial charge in [-0.2, -0.15) is 0 Å². The molecule has 0 saturated heterocycles. The summed E-state index contributed by atoms with van der Waals surface area (Å²) in [4.78, 5) is 4.79. The minimum absolute atomic E-state index is 1.10. The van der Waals surface area contributed by atoms with Gasteiger partial charge in [-0.25, -0.2) is 0 Å².